The maximum absolute atomic E-state index is 13.7. The van der Waals surface area contributed by atoms with E-state index in [1.165, 1.54) is 38.9 Å². The molecule has 0 aromatic carbocycles. The van der Waals surface area contributed by atoms with Crippen molar-refractivity contribution in [1.82, 2.24) is 28.9 Å². The van der Waals surface area contributed by atoms with Gasteiger partial charge >= 0.3 is 0 Å². The van der Waals surface area contributed by atoms with Crippen molar-refractivity contribution in [3.8, 4) is 0 Å². The summed E-state index contributed by atoms with van der Waals surface area (Å²) in [5, 5.41) is 7.07. The number of amides is 1. The minimum absolute atomic E-state index is 0.0347. The fraction of sp³-hybridized carbons (Fsp3) is 0.852. The zero-order valence-corrected chi connectivity index (χ0v) is 23.6. The second-order valence-electron chi connectivity index (χ2n) is 12.3. The van der Waals surface area contributed by atoms with Crippen LogP contribution in [0.2, 0.25) is 0 Å². The van der Waals surface area contributed by atoms with E-state index in [0.717, 1.165) is 50.8 Å². The summed E-state index contributed by atoms with van der Waals surface area (Å²) in [5.74, 6) is 1.000. The minimum Gasteiger partial charge on any atom is -0.360 e. The van der Waals surface area contributed by atoms with Crippen molar-refractivity contribution in [3.63, 3.8) is 0 Å². The first kappa shape index (κ1) is 26.7. The molecule has 5 heterocycles. The van der Waals surface area contributed by atoms with E-state index in [4.69, 9.17) is 4.52 Å². The number of fused-ring (bicyclic) bond motifs is 2. The standard InChI is InChI=1S/C27H44N6O4S/c1-30(11-4-14-31-12-2-3-13-31)22-9-15-32(16-10-22)38(35,36)33-23-7-8-24(33)18-21(17-23)28-27(34)25-19-26(37-29-25)20-5-6-20/h19-24H,2-18H2,1H3,(H,28,34)/t21?,23-,24+. The molecule has 0 spiro atoms. The Labute approximate surface area is 227 Å². The van der Waals surface area contributed by atoms with Gasteiger partial charge in [0, 0.05) is 49.2 Å². The molecule has 11 heteroatoms. The van der Waals surface area contributed by atoms with Gasteiger partial charge in [-0.15, -0.1) is 0 Å². The molecule has 0 radical (unpaired) electrons. The van der Waals surface area contributed by atoms with Crippen molar-refractivity contribution in [1.29, 1.82) is 0 Å². The molecule has 4 saturated heterocycles. The summed E-state index contributed by atoms with van der Waals surface area (Å²) in [4.78, 5) is 17.8. The molecule has 1 unspecified atom stereocenters. The first-order chi connectivity index (χ1) is 18.4. The van der Waals surface area contributed by atoms with Crippen molar-refractivity contribution < 1.29 is 17.7 Å². The van der Waals surface area contributed by atoms with E-state index in [9.17, 15) is 13.2 Å². The van der Waals surface area contributed by atoms with E-state index in [2.05, 4.69) is 27.3 Å². The molecule has 2 bridgehead atoms. The number of hydrogen-bond acceptors (Lipinski definition) is 7. The summed E-state index contributed by atoms with van der Waals surface area (Å²) >= 11 is 0. The number of rotatable bonds is 10. The third kappa shape index (κ3) is 5.68. The van der Waals surface area contributed by atoms with Crippen molar-refractivity contribution in [2.45, 2.75) is 101 Å². The molecule has 3 atom stereocenters. The Bertz CT molecular complexity index is 1060. The second-order valence-corrected chi connectivity index (χ2v) is 14.1. The van der Waals surface area contributed by atoms with Crippen LogP contribution in [0.25, 0.3) is 0 Å². The molecule has 1 aromatic rings. The highest BCUT2D eigenvalue weighted by atomic mass is 32.2. The molecule has 6 rings (SSSR count). The molecule has 38 heavy (non-hydrogen) atoms. The third-order valence-electron chi connectivity index (χ3n) is 9.57. The molecule has 5 aliphatic rings. The van der Waals surface area contributed by atoms with Gasteiger partial charge in [0.05, 0.1) is 0 Å². The Morgan fingerprint density at radius 2 is 1.74 bits per heavy atom. The predicted octanol–water partition coefficient (Wildman–Crippen LogP) is 2.40. The highest BCUT2D eigenvalue weighted by Gasteiger charge is 2.49. The van der Waals surface area contributed by atoms with Crippen molar-refractivity contribution in [2.75, 3.05) is 46.3 Å². The van der Waals surface area contributed by atoms with E-state index >= 15 is 0 Å². The lowest BCUT2D eigenvalue weighted by atomic mass is 9.99. The molecule has 1 aromatic heterocycles. The normalized spacial score (nSPS) is 29.9. The monoisotopic (exact) mass is 548 g/mol. The molecule has 212 valence electrons. The van der Waals surface area contributed by atoms with Gasteiger partial charge in [-0.25, -0.2) is 0 Å². The molecule has 10 nitrogen and oxygen atoms in total. The molecule has 5 fully saturated rings. The van der Waals surface area contributed by atoms with Gasteiger partial charge in [0.2, 0.25) is 0 Å². The van der Waals surface area contributed by atoms with Crippen LogP contribution >= 0.6 is 0 Å². The lowest BCUT2D eigenvalue weighted by Gasteiger charge is -2.43. The Kier molecular flexibility index (Phi) is 7.83. The maximum Gasteiger partial charge on any atom is 0.282 e. The smallest absolute Gasteiger partial charge is 0.282 e. The SMILES string of the molecule is CN(CCCN1CCCC1)C1CCN(S(=O)(=O)N2[C@@H]3CC[C@H]2CC(NC(=O)c2cc(C4CC4)on2)C3)CC1. The first-order valence-electron chi connectivity index (χ1n) is 14.9. The van der Waals surface area contributed by atoms with Gasteiger partial charge < -0.3 is 19.6 Å². The summed E-state index contributed by atoms with van der Waals surface area (Å²) in [7, 11) is -1.30. The fourth-order valence-electron chi connectivity index (χ4n) is 7.22. The van der Waals surface area contributed by atoms with E-state index < -0.39 is 10.2 Å². The van der Waals surface area contributed by atoms with Crippen molar-refractivity contribution in [3.05, 3.63) is 17.5 Å². The average molecular weight is 549 g/mol. The zero-order valence-electron chi connectivity index (χ0n) is 22.8. The summed E-state index contributed by atoms with van der Waals surface area (Å²) in [6, 6.07) is 2.08. The molecule has 1 N–H and O–H groups in total. The van der Waals surface area contributed by atoms with Crippen LogP contribution < -0.4 is 5.32 Å². The predicted molar refractivity (Wildman–Crippen MR) is 144 cm³/mol. The van der Waals surface area contributed by atoms with E-state index in [1.54, 1.807) is 14.7 Å². The van der Waals surface area contributed by atoms with Crippen molar-refractivity contribution >= 4 is 16.1 Å². The van der Waals surface area contributed by atoms with Crippen molar-refractivity contribution in [2.24, 2.45) is 0 Å². The quantitative estimate of drug-likeness (QED) is 0.479. The highest BCUT2D eigenvalue weighted by molar-refractivity contribution is 7.86. The van der Waals surface area contributed by atoms with Crippen LogP contribution in [0.5, 0.6) is 0 Å². The molecular weight excluding hydrogens is 504 g/mol. The van der Waals surface area contributed by atoms with Crippen LogP contribution in [0, 0.1) is 0 Å². The van der Waals surface area contributed by atoms with Crippen LogP contribution in [0.3, 0.4) is 0 Å². The number of nitrogens with one attached hydrogen (secondary N) is 1. The van der Waals surface area contributed by atoms with Crippen LogP contribution in [-0.2, 0) is 10.2 Å². The summed E-state index contributed by atoms with van der Waals surface area (Å²) in [6.07, 6.45) is 10.9. The van der Waals surface area contributed by atoms with Crippen LogP contribution in [0.1, 0.15) is 92.8 Å². The van der Waals surface area contributed by atoms with E-state index in [1.807, 2.05) is 0 Å². The molecule has 1 amide bonds. The number of hydrogen-bond donors (Lipinski definition) is 1. The lowest BCUT2D eigenvalue weighted by Crippen LogP contribution is -2.57. The van der Waals surface area contributed by atoms with Gasteiger partial charge in [-0.05, 0) is 104 Å². The van der Waals surface area contributed by atoms with Gasteiger partial charge in [0.25, 0.3) is 16.1 Å². The minimum atomic E-state index is -3.50. The Balaban J connectivity index is 0.984. The van der Waals surface area contributed by atoms with Gasteiger partial charge in [-0.1, -0.05) is 5.16 Å². The number of carbonyl (C=O) groups is 1. The second kappa shape index (κ2) is 11.2. The Morgan fingerprint density at radius 3 is 2.39 bits per heavy atom. The van der Waals surface area contributed by atoms with Crippen LogP contribution in [0.15, 0.2) is 10.6 Å². The Morgan fingerprint density at radius 1 is 1.05 bits per heavy atom. The van der Waals surface area contributed by atoms with Gasteiger partial charge in [-0.3, -0.25) is 4.79 Å². The first-order valence-corrected chi connectivity index (χ1v) is 16.3. The summed E-state index contributed by atoms with van der Waals surface area (Å²) < 4.78 is 36.3. The van der Waals surface area contributed by atoms with Gasteiger partial charge in [0.1, 0.15) is 5.76 Å². The molecule has 1 saturated carbocycles. The van der Waals surface area contributed by atoms with E-state index in [-0.39, 0.29) is 24.0 Å². The zero-order chi connectivity index (χ0) is 26.3. The topological polar surface area (TPSA) is 102 Å². The third-order valence-corrected chi connectivity index (χ3v) is 11.7. The summed E-state index contributed by atoms with van der Waals surface area (Å²) in [6.45, 7) is 5.93. The number of likely N-dealkylation sites (tertiary alicyclic amines) is 1. The number of aromatic nitrogens is 1. The molecular formula is C27H44N6O4S. The van der Waals surface area contributed by atoms with E-state index in [0.29, 0.717) is 43.6 Å². The van der Waals surface area contributed by atoms with Gasteiger partial charge in [-0.2, -0.15) is 17.0 Å². The fourth-order valence-corrected chi connectivity index (χ4v) is 9.30. The van der Waals surface area contributed by atoms with Crippen LogP contribution in [0.4, 0.5) is 0 Å². The Hall–Kier alpha value is -1.53. The van der Waals surface area contributed by atoms with Gasteiger partial charge in [0.15, 0.2) is 5.69 Å². The number of piperidine rings is 2. The number of carbonyl (C=O) groups excluding carboxylic acids is 1. The maximum atomic E-state index is 13.7. The average Bonchev–Trinajstić information content (AvgIpc) is 3.28. The lowest BCUT2D eigenvalue weighted by molar-refractivity contribution is 0.0896. The highest BCUT2D eigenvalue weighted by Crippen LogP contribution is 2.41. The summed E-state index contributed by atoms with van der Waals surface area (Å²) in [5.41, 5.74) is 0.332. The molecule has 1 aliphatic carbocycles. The number of nitrogens with zero attached hydrogens (tertiary/aromatic N) is 5. The largest absolute Gasteiger partial charge is 0.360 e. The van der Waals surface area contributed by atoms with Crippen LogP contribution in [-0.4, -0.2) is 108 Å². The molecule has 4 aliphatic heterocycles.